The second-order valence-corrected chi connectivity index (χ2v) is 6.75. The second-order valence-electron chi connectivity index (χ2n) is 6.75. The molecule has 0 bridgehead atoms. The Labute approximate surface area is 158 Å². The Kier molecular flexibility index (Phi) is 8.03. The first-order valence-electron chi connectivity index (χ1n) is 9.27. The summed E-state index contributed by atoms with van der Waals surface area (Å²) in [6.45, 7) is -0.400. The lowest BCUT2D eigenvalue weighted by Gasteiger charge is -2.20. The molecular weight excluding hydrogens is 352 g/mol. The summed E-state index contributed by atoms with van der Waals surface area (Å²) < 4.78 is 10.0. The molecule has 2 rings (SSSR count). The molecular formula is C19H26N2O6. The molecule has 1 aromatic carbocycles. The second kappa shape index (κ2) is 10.5. The van der Waals surface area contributed by atoms with E-state index in [1.807, 2.05) is 0 Å². The van der Waals surface area contributed by atoms with Crippen molar-refractivity contribution in [3.05, 3.63) is 28.3 Å². The van der Waals surface area contributed by atoms with Crippen LogP contribution in [0, 0.1) is 16.0 Å². The SMILES string of the molecule is COc1cc([N+](=O)[O-])ccc1NC(=O)COC(=O)CCCC1CCCCC1. The quantitative estimate of drug-likeness (QED) is 0.397. The van der Waals surface area contributed by atoms with Gasteiger partial charge in [0, 0.05) is 12.5 Å². The molecule has 1 amide bonds. The van der Waals surface area contributed by atoms with Crippen LogP contribution in [0.25, 0.3) is 0 Å². The topological polar surface area (TPSA) is 108 Å². The van der Waals surface area contributed by atoms with Gasteiger partial charge in [-0.3, -0.25) is 19.7 Å². The highest BCUT2D eigenvalue weighted by atomic mass is 16.6. The highest BCUT2D eigenvalue weighted by molar-refractivity contribution is 5.94. The third-order valence-corrected chi connectivity index (χ3v) is 4.75. The number of anilines is 1. The number of rotatable bonds is 9. The fourth-order valence-corrected chi connectivity index (χ4v) is 3.31. The van der Waals surface area contributed by atoms with Crippen molar-refractivity contribution in [2.24, 2.45) is 5.92 Å². The summed E-state index contributed by atoms with van der Waals surface area (Å²) in [7, 11) is 1.35. The summed E-state index contributed by atoms with van der Waals surface area (Å²) in [5.74, 6) is -0.0415. The molecule has 1 aliphatic rings. The molecule has 0 aromatic heterocycles. The molecule has 27 heavy (non-hydrogen) atoms. The minimum absolute atomic E-state index is 0.144. The molecule has 0 unspecified atom stereocenters. The molecule has 0 aliphatic heterocycles. The first kappa shape index (κ1) is 20.7. The third-order valence-electron chi connectivity index (χ3n) is 4.75. The van der Waals surface area contributed by atoms with Crippen molar-refractivity contribution >= 4 is 23.3 Å². The van der Waals surface area contributed by atoms with Crippen LogP contribution in [0.5, 0.6) is 5.75 Å². The highest BCUT2D eigenvalue weighted by Crippen LogP contribution is 2.29. The zero-order valence-electron chi connectivity index (χ0n) is 15.6. The monoisotopic (exact) mass is 378 g/mol. The molecule has 1 aliphatic carbocycles. The fraction of sp³-hybridized carbons (Fsp3) is 0.579. The Morgan fingerprint density at radius 3 is 2.67 bits per heavy atom. The molecule has 1 N–H and O–H groups in total. The van der Waals surface area contributed by atoms with E-state index in [0.29, 0.717) is 12.3 Å². The van der Waals surface area contributed by atoms with Gasteiger partial charge in [0.1, 0.15) is 5.75 Å². The van der Waals surface area contributed by atoms with Gasteiger partial charge in [0.2, 0.25) is 0 Å². The van der Waals surface area contributed by atoms with Gasteiger partial charge in [0.15, 0.2) is 6.61 Å². The maximum atomic E-state index is 11.9. The highest BCUT2D eigenvalue weighted by Gasteiger charge is 2.16. The number of nitrogens with zero attached hydrogens (tertiary/aromatic N) is 1. The third kappa shape index (κ3) is 6.88. The lowest BCUT2D eigenvalue weighted by Crippen LogP contribution is -2.21. The summed E-state index contributed by atoms with van der Waals surface area (Å²) in [6.07, 6.45) is 8.48. The molecule has 1 aromatic rings. The van der Waals surface area contributed by atoms with Crippen LogP contribution < -0.4 is 10.1 Å². The zero-order valence-corrected chi connectivity index (χ0v) is 15.6. The number of carbonyl (C=O) groups excluding carboxylic acids is 2. The summed E-state index contributed by atoms with van der Waals surface area (Å²) >= 11 is 0. The molecule has 8 heteroatoms. The van der Waals surface area contributed by atoms with Gasteiger partial charge in [-0.05, 0) is 24.8 Å². The van der Waals surface area contributed by atoms with E-state index in [2.05, 4.69) is 5.32 Å². The van der Waals surface area contributed by atoms with E-state index in [9.17, 15) is 19.7 Å². The van der Waals surface area contributed by atoms with Crippen molar-refractivity contribution < 1.29 is 24.0 Å². The number of non-ortho nitro benzene ring substituents is 1. The average molecular weight is 378 g/mol. The van der Waals surface area contributed by atoms with Crippen LogP contribution in [0.3, 0.4) is 0 Å². The smallest absolute Gasteiger partial charge is 0.306 e. The molecule has 1 saturated carbocycles. The maximum Gasteiger partial charge on any atom is 0.306 e. The number of esters is 1. The number of amides is 1. The fourth-order valence-electron chi connectivity index (χ4n) is 3.31. The average Bonchev–Trinajstić information content (AvgIpc) is 2.67. The van der Waals surface area contributed by atoms with E-state index < -0.39 is 23.4 Å². The van der Waals surface area contributed by atoms with Crippen LogP contribution >= 0.6 is 0 Å². The Morgan fingerprint density at radius 2 is 2.00 bits per heavy atom. The van der Waals surface area contributed by atoms with Gasteiger partial charge >= 0.3 is 5.97 Å². The predicted molar refractivity (Wildman–Crippen MR) is 99.7 cm³/mol. The minimum Gasteiger partial charge on any atom is -0.494 e. The van der Waals surface area contributed by atoms with E-state index >= 15 is 0 Å². The van der Waals surface area contributed by atoms with Crippen LogP contribution in [0.2, 0.25) is 0 Å². The number of nitro groups is 1. The number of hydrogen-bond acceptors (Lipinski definition) is 6. The maximum absolute atomic E-state index is 11.9. The number of ether oxygens (including phenoxy) is 2. The molecule has 1 fully saturated rings. The normalized spacial score (nSPS) is 14.4. The van der Waals surface area contributed by atoms with Gasteiger partial charge in [-0.25, -0.2) is 0 Å². The Bertz CT molecular complexity index is 670. The molecule has 0 atom stereocenters. The van der Waals surface area contributed by atoms with E-state index in [4.69, 9.17) is 9.47 Å². The largest absolute Gasteiger partial charge is 0.494 e. The Morgan fingerprint density at radius 1 is 1.26 bits per heavy atom. The van der Waals surface area contributed by atoms with Gasteiger partial charge in [0.25, 0.3) is 11.6 Å². The molecule has 148 valence electrons. The van der Waals surface area contributed by atoms with Gasteiger partial charge in [0.05, 0.1) is 23.8 Å². The summed E-state index contributed by atoms with van der Waals surface area (Å²) in [5.41, 5.74) is 0.135. The number of carbonyl (C=O) groups is 2. The van der Waals surface area contributed by atoms with E-state index in [0.717, 1.165) is 12.8 Å². The zero-order chi connectivity index (χ0) is 19.6. The Balaban J connectivity index is 1.72. The van der Waals surface area contributed by atoms with Crippen molar-refractivity contribution in [2.75, 3.05) is 19.0 Å². The molecule has 8 nitrogen and oxygen atoms in total. The molecule has 0 spiro atoms. The van der Waals surface area contributed by atoms with Gasteiger partial charge < -0.3 is 14.8 Å². The van der Waals surface area contributed by atoms with Crippen LogP contribution in [0.15, 0.2) is 18.2 Å². The van der Waals surface area contributed by atoms with Crippen LogP contribution in [0.4, 0.5) is 11.4 Å². The molecule has 0 saturated heterocycles. The van der Waals surface area contributed by atoms with Crippen molar-refractivity contribution in [3.63, 3.8) is 0 Å². The van der Waals surface area contributed by atoms with Gasteiger partial charge in [-0.15, -0.1) is 0 Å². The Hall–Kier alpha value is -2.64. The van der Waals surface area contributed by atoms with Crippen molar-refractivity contribution in [3.8, 4) is 5.75 Å². The molecule has 0 heterocycles. The predicted octanol–water partition coefficient (Wildman–Crippen LogP) is 3.84. The van der Waals surface area contributed by atoms with Crippen molar-refractivity contribution in [2.45, 2.75) is 51.4 Å². The minimum atomic E-state index is -0.552. The summed E-state index contributed by atoms with van der Waals surface area (Å²) in [4.78, 5) is 33.9. The van der Waals surface area contributed by atoms with Gasteiger partial charge in [-0.2, -0.15) is 0 Å². The lowest BCUT2D eigenvalue weighted by atomic mass is 9.86. The number of nitrogens with one attached hydrogen (secondary N) is 1. The summed E-state index contributed by atoms with van der Waals surface area (Å²) in [5, 5.41) is 13.3. The van der Waals surface area contributed by atoms with Gasteiger partial charge in [-0.1, -0.05) is 32.1 Å². The van der Waals surface area contributed by atoms with Crippen molar-refractivity contribution in [1.29, 1.82) is 0 Å². The molecule has 0 radical (unpaired) electrons. The lowest BCUT2D eigenvalue weighted by molar-refractivity contribution is -0.384. The van der Waals surface area contributed by atoms with E-state index in [-0.39, 0.29) is 17.1 Å². The van der Waals surface area contributed by atoms with Crippen LogP contribution in [0.1, 0.15) is 51.4 Å². The van der Waals surface area contributed by atoms with Crippen LogP contribution in [-0.4, -0.2) is 30.5 Å². The van der Waals surface area contributed by atoms with E-state index in [1.165, 1.54) is 57.4 Å². The number of nitro benzene ring substituents is 1. The van der Waals surface area contributed by atoms with Crippen molar-refractivity contribution in [1.82, 2.24) is 0 Å². The summed E-state index contributed by atoms with van der Waals surface area (Å²) in [6, 6.07) is 3.85. The number of methoxy groups -OCH3 is 1. The number of benzene rings is 1. The standard InChI is InChI=1S/C19H26N2O6/c1-26-17-12-15(21(24)25)10-11-16(17)20-18(22)13-27-19(23)9-5-8-14-6-3-2-4-7-14/h10-12,14H,2-9,13H2,1H3,(H,20,22). The van der Waals surface area contributed by atoms with Crippen LogP contribution in [-0.2, 0) is 14.3 Å². The number of hydrogen-bond donors (Lipinski definition) is 1. The van der Waals surface area contributed by atoms with E-state index in [1.54, 1.807) is 0 Å². The first-order valence-corrected chi connectivity index (χ1v) is 9.27. The first-order chi connectivity index (χ1) is 13.0.